The van der Waals surface area contributed by atoms with Crippen LogP contribution in [-0.2, 0) is 38.9 Å². The van der Waals surface area contributed by atoms with E-state index >= 15 is 0 Å². The molecule has 0 spiro atoms. The molecule has 30 valence electrons. The largest absolute Gasteiger partial charge is 0.187 e. The van der Waals surface area contributed by atoms with Crippen LogP contribution in [0.4, 0.5) is 0 Å². The number of rotatable bonds is 0. The summed E-state index contributed by atoms with van der Waals surface area (Å²) in [7, 11) is 0. The van der Waals surface area contributed by atoms with E-state index in [0.717, 1.165) is 0 Å². The second-order valence-electron chi connectivity index (χ2n) is 0. The van der Waals surface area contributed by atoms with E-state index in [-0.39, 0.29) is 91.8 Å². The second-order valence-corrected chi connectivity index (χ2v) is 0. The van der Waals surface area contributed by atoms with E-state index in [4.69, 9.17) is 0 Å². The predicted molar refractivity (Wildman–Crippen MR) is 9.94 cm³/mol. The third-order valence-electron chi connectivity index (χ3n) is 0. The SMILES string of the molecule is [Ag].[AlH3].[La].[Ni]. The first-order valence-electron chi connectivity index (χ1n) is 0. The van der Waals surface area contributed by atoms with Gasteiger partial charge in [-0.1, -0.05) is 0 Å². The van der Waals surface area contributed by atoms with Gasteiger partial charge < -0.3 is 0 Å². The molecule has 0 saturated carbocycles. The molecule has 0 aliphatic carbocycles. The molecular weight excluding hydrogens is 332 g/mol. The van der Waals surface area contributed by atoms with Gasteiger partial charge in [0.1, 0.15) is 0 Å². The van der Waals surface area contributed by atoms with E-state index < -0.39 is 0 Å². The normalized spacial score (nSPS) is 0. The maximum Gasteiger partial charge on any atom is 0.187 e. The van der Waals surface area contributed by atoms with E-state index in [1.54, 1.807) is 0 Å². The predicted octanol–water partition coefficient (Wildman–Crippen LogP) is -1.19. The average molecular weight is 335 g/mol. The van der Waals surface area contributed by atoms with Gasteiger partial charge in [0.2, 0.25) is 0 Å². The Labute approximate surface area is 90.0 Å². The Bertz CT molecular complexity index is 8.00. The first kappa shape index (κ1) is 28.2. The van der Waals surface area contributed by atoms with E-state index in [2.05, 4.69) is 0 Å². The van der Waals surface area contributed by atoms with Crippen LogP contribution in [0.5, 0.6) is 0 Å². The summed E-state index contributed by atoms with van der Waals surface area (Å²) in [5, 5.41) is 0. The van der Waals surface area contributed by atoms with Crippen molar-refractivity contribution in [2.75, 3.05) is 0 Å². The van der Waals surface area contributed by atoms with Crippen molar-refractivity contribution in [1.82, 2.24) is 0 Å². The van der Waals surface area contributed by atoms with Crippen LogP contribution >= 0.6 is 0 Å². The number of hydrogen-bond donors (Lipinski definition) is 0. The van der Waals surface area contributed by atoms with E-state index in [0.29, 0.717) is 0 Å². The molecule has 0 heterocycles. The third kappa shape index (κ3) is 8.88. The molecule has 0 aromatic heterocycles. The fraction of sp³-hybridized carbons (Fsp3) is 0. The standard InChI is InChI=1S/Ag.Al.La.Ni.3H. The Morgan fingerprint density at radius 3 is 1.00 bits per heavy atom. The van der Waals surface area contributed by atoms with E-state index in [1.807, 2.05) is 0 Å². The van der Waals surface area contributed by atoms with E-state index in [1.165, 1.54) is 0 Å². The van der Waals surface area contributed by atoms with Crippen LogP contribution in [0.3, 0.4) is 0 Å². The van der Waals surface area contributed by atoms with Gasteiger partial charge in [0.05, 0.1) is 0 Å². The van der Waals surface area contributed by atoms with Crippen molar-refractivity contribution in [3.63, 3.8) is 0 Å². The number of hydrogen-bond acceptors (Lipinski definition) is 0. The fourth-order valence-electron chi connectivity index (χ4n) is 0. The summed E-state index contributed by atoms with van der Waals surface area (Å²) in [5.74, 6) is 0. The van der Waals surface area contributed by atoms with Crippen LogP contribution in [0, 0.1) is 35.6 Å². The zero-order valence-electron chi connectivity index (χ0n) is 1.20. The maximum absolute atomic E-state index is 0. The summed E-state index contributed by atoms with van der Waals surface area (Å²) in [6, 6.07) is 0. The van der Waals surface area contributed by atoms with Gasteiger partial charge in [-0.3, -0.25) is 0 Å². The molecule has 0 amide bonds. The van der Waals surface area contributed by atoms with Crippen LogP contribution < -0.4 is 0 Å². The molecule has 0 bridgehead atoms. The first-order valence-corrected chi connectivity index (χ1v) is 0. The van der Waals surface area contributed by atoms with Gasteiger partial charge >= 0.3 is 0 Å². The molecule has 2 radical (unpaired) electrons. The zero-order valence-corrected chi connectivity index (χ0v) is 7.29. The molecule has 0 saturated heterocycles. The topological polar surface area (TPSA) is 0 Å². The molecular formula is H3AgAlLaNi. The van der Waals surface area contributed by atoms with Gasteiger partial charge in [-0.15, -0.1) is 0 Å². The quantitative estimate of drug-likeness (QED) is 0.489. The van der Waals surface area contributed by atoms with Crippen molar-refractivity contribution >= 4 is 17.4 Å². The van der Waals surface area contributed by atoms with Crippen LogP contribution in [0.2, 0.25) is 0 Å². The first-order chi connectivity index (χ1) is 0. The molecule has 0 aliphatic heterocycles. The summed E-state index contributed by atoms with van der Waals surface area (Å²) < 4.78 is 0. The van der Waals surface area contributed by atoms with Gasteiger partial charge in [0.25, 0.3) is 0 Å². The summed E-state index contributed by atoms with van der Waals surface area (Å²) >= 11 is 0. The van der Waals surface area contributed by atoms with Crippen molar-refractivity contribution in [3.05, 3.63) is 0 Å². The molecule has 0 aromatic carbocycles. The van der Waals surface area contributed by atoms with E-state index in [9.17, 15) is 0 Å². The summed E-state index contributed by atoms with van der Waals surface area (Å²) in [6.07, 6.45) is 0. The Morgan fingerprint density at radius 1 is 1.00 bits per heavy atom. The molecule has 0 atom stereocenters. The maximum atomic E-state index is 0. The molecule has 4 heavy (non-hydrogen) atoms. The van der Waals surface area contributed by atoms with Gasteiger partial charge in [-0.05, 0) is 0 Å². The molecule has 0 nitrogen and oxygen atoms in total. The molecule has 0 unspecified atom stereocenters. The molecule has 0 rings (SSSR count). The minimum Gasteiger partial charge on any atom is 0 e. The van der Waals surface area contributed by atoms with Crippen molar-refractivity contribution < 1.29 is 74.5 Å². The average Bonchev–Trinajstić information content (AvgIpc) is 0. The minimum absolute atomic E-state index is 0. The van der Waals surface area contributed by atoms with Crippen LogP contribution in [-0.4, -0.2) is 17.4 Å². The smallest absolute Gasteiger partial charge is 0 e. The van der Waals surface area contributed by atoms with Crippen molar-refractivity contribution in [2.45, 2.75) is 0 Å². The van der Waals surface area contributed by atoms with Crippen molar-refractivity contribution in [3.8, 4) is 0 Å². The minimum atomic E-state index is 0. The van der Waals surface area contributed by atoms with Gasteiger partial charge in [0, 0.05) is 74.5 Å². The third-order valence-corrected chi connectivity index (χ3v) is 0. The second kappa shape index (κ2) is 16.7. The Balaban J connectivity index is 0. The van der Waals surface area contributed by atoms with Crippen molar-refractivity contribution in [1.29, 1.82) is 0 Å². The molecule has 0 aromatic rings. The van der Waals surface area contributed by atoms with Crippen LogP contribution in [0.15, 0.2) is 0 Å². The molecule has 0 fully saturated rings. The Kier molecular flexibility index (Phi) is 118. The monoisotopic (exact) mass is 334 g/mol. The molecule has 0 aliphatic rings. The van der Waals surface area contributed by atoms with Crippen LogP contribution in [0.25, 0.3) is 0 Å². The fourth-order valence-corrected chi connectivity index (χ4v) is 0. The Morgan fingerprint density at radius 2 is 1.00 bits per heavy atom. The summed E-state index contributed by atoms with van der Waals surface area (Å²) in [6.45, 7) is 0. The zero-order chi connectivity index (χ0) is 0. The summed E-state index contributed by atoms with van der Waals surface area (Å²) in [4.78, 5) is 0. The van der Waals surface area contributed by atoms with Gasteiger partial charge in [-0.2, -0.15) is 0 Å². The van der Waals surface area contributed by atoms with Gasteiger partial charge in [0.15, 0.2) is 17.4 Å². The summed E-state index contributed by atoms with van der Waals surface area (Å²) in [5.41, 5.74) is 0. The van der Waals surface area contributed by atoms with Gasteiger partial charge in [-0.25, -0.2) is 0 Å². The molecule has 4 heteroatoms. The van der Waals surface area contributed by atoms with Crippen molar-refractivity contribution in [2.24, 2.45) is 0 Å². The molecule has 0 N–H and O–H groups in total. The Hall–Kier alpha value is 2.96. The van der Waals surface area contributed by atoms with Crippen LogP contribution in [0.1, 0.15) is 0 Å².